The van der Waals surface area contributed by atoms with Crippen molar-refractivity contribution >= 4 is 5.91 Å². The number of ether oxygens (including phenoxy) is 2. The largest absolute Gasteiger partial charge is 0.494 e. The van der Waals surface area contributed by atoms with Crippen LogP contribution in [0.3, 0.4) is 0 Å². The molecule has 6 heteroatoms. The number of hydrogen-bond acceptors (Lipinski definition) is 3. The van der Waals surface area contributed by atoms with E-state index in [1.165, 1.54) is 0 Å². The lowest BCUT2D eigenvalue weighted by Gasteiger charge is -2.14. The maximum atomic E-state index is 11.7. The summed E-state index contributed by atoms with van der Waals surface area (Å²) in [5, 5.41) is 1.99. The van der Waals surface area contributed by atoms with Gasteiger partial charge in [-0.3, -0.25) is 4.79 Å². The van der Waals surface area contributed by atoms with Crippen molar-refractivity contribution in [1.29, 1.82) is 0 Å². The molecule has 4 nitrogen and oxygen atoms in total. The highest BCUT2D eigenvalue weighted by molar-refractivity contribution is 5.91. The van der Waals surface area contributed by atoms with Gasteiger partial charge in [-0.2, -0.15) is 0 Å². The third-order valence-electron chi connectivity index (χ3n) is 1.29. The highest BCUT2D eigenvalue weighted by Crippen LogP contribution is 2.03. The maximum absolute atomic E-state index is 11.7. The second kappa shape index (κ2) is 4.64. The number of hydrogen-bond donors (Lipinski definition) is 1. The van der Waals surface area contributed by atoms with Crippen molar-refractivity contribution in [3.63, 3.8) is 0 Å². The lowest BCUT2D eigenvalue weighted by molar-refractivity contribution is -0.122. The molecule has 0 aromatic heterocycles. The summed E-state index contributed by atoms with van der Waals surface area (Å²) in [6.45, 7) is -0.0565. The van der Waals surface area contributed by atoms with Crippen molar-refractivity contribution in [3.8, 4) is 0 Å². The van der Waals surface area contributed by atoms with E-state index < -0.39 is 18.9 Å². The molecule has 0 aromatic rings. The lowest BCUT2D eigenvalue weighted by Crippen LogP contribution is -2.31. The van der Waals surface area contributed by atoms with E-state index in [-0.39, 0.29) is 12.4 Å². The second-order valence-electron chi connectivity index (χ2n) is 2.30. The Morgan fingerprint density at radius 1 is 1.62 bits per heavy atom. The maximum Gasteiger partial charge on any atom is 0.289 e. The number of rotatable bonds is 3. The predicted molar refractivity (Wildman–Crippen MR) is 39.0 cm³/mol. The molecule has 0 aromatic carbocycles. The van der Waals surface area contributed by atoms with Crippen LogP contribution >= 0.6 is 0 Å². The molecule has 1 aliphatic heterocycles. The van der Waals surface area contributed by atoms with Gasteiger partial charge in [-0.15, -0.1) is 0 Å². The van der Waals surface area contributed by atoms with Crippen LogP contribution in [-0.4, -0.2) is 32.1 Å². The van der Waals surface area contributed by atoms with Gasteiger partial charge in [0.05, 0.1) is 6.54 Å². The van der Waals surface area contributed by atoms with E-state index in [1.807, 2.05) is 5.32 Å². The number of amides is 1. The molecule has 13 heavy (non-hydrogen) atoms. The summed E-state index contributed by atoms with van der Waals surface area (Å²) in [5.74, 6) is -0.744. The van der Waals surface area contributed by atoms with Crippen LogP contribution < -0.4 is 5.32 Å². The van der Waals surface area contributed by atoms with Crippen molar-refractivity contribution in [2.45, 2.75) is 6.43 Å². The summed E-state index contributed by atoms with van der Waals surface area (Å²) in [5.41, 5.74) is 0. The third kappa shape index (κ3) is 3.27. The highest BCUT2D eigenvalue weighted by Gasteiger charge is 2.15. The standard InChI is InChI=1S/C7H9F2NO3/c8-6(9)3-10-7(11)5-4-12-1-2-13-5/h4,6H,1-3H2,(H,10,11). The highest BCUT2D eigenvalue weighted by atomic mass is 19.3. The number of carbonyl (C=O) groups is 1. The number of alkyl halides is 2. The van der Waals surface area contributed by atoms with Gasteiger partial charge in [0, 0.05) is 0 Å². The van der Waals surface area contributed by atoms with Crippen LogP contribution in [0, 0.1) is 0 Å². The molecule has 0 fully saturated rings. The molecule has 0 spiro atoms. The van der Waals surface area contributed by atoms with Gasteiger partial charge in [-0.1, -0.05) is 0 Å². The smallest absolute Gasteiger partial charge is 0.289 e. The first-order valence-electron chi connectivity index (χ1n) is 3.71. The molecule has 1 N–H and O–H groups in total. The minimum absolute atomic E-state index is 0.0631. The second-order valence-corrected chi connectivity index (χ2v) is 2.30. The zero-order valence-corrected chi connectivity index (χ0v) is 6.76. The minimum atomic E-state index is -2.56. The molecule has 1 heterocycles. The summed E-state index contributed by atoms with van der Waals surface area (Å²) >= 11 is 0. The Labute approximate surface area is 73.5 Å². The average Bonchev–Trinajstić information content (AvgIpc) is 2.15. The first-order valence-corrected chi connectivity index (χ1v) is 3.71. The molecule has 0 saturated carbocycles. The Balaban J connectivity index is 2.34. The molecule has 1 amide bonds. The fourth-order valence-corrected chi connectivity index (χ4v) is 0.744. The Bertz CT molecular complexity index is 218. The van der Waals surface area contributed by atoms with Crippen molar-refractivity contribution in [2.24, 2.45) is 0 Å². The Hall–Kier alpha value is -1.33. The van der Waals surface area contributed by atoms with E-state index in [9.17, 15) is 13.6 Å². The van der Waals surface area contributed by atoms with Crippen LogP contribution in [0.25, 0.3) is 0 Å². The zero-order chi connectivity index (χ0) is 9.68. The SMILES string of the molecule is O=C(NCC(F)F)C1=COCCO1. The van der Waals surface area contributed by atoms with Crippen LogP contribution in [0.2, 0.25) is 0 Å². The molecule has 0 unspecified atom stereocenters. The van der Waals surface area contributed by atoms with Crippen molar-refractivity contribution in [1.82, 2.24) is 5.32 Å². The molecule has 0 atom stereocenters. The minimum Gasteiger partial charge on any atom is -0.494 e. The van der Waals surface area contributed by atoms with Crippen molar-refractivity contribution < 1.29 is 23.0 Å². The van der Waals surface area contributed by atoms with E-state index in [4.69, 9.17) is 9.47 Å². The van der Waals surface area contributed by atoms with Gasteiger partial charge < -0.3 is 14.8 Å². The summed E-state index contributed by atoms with van der Waals surface area (Å²) in [6.07, 6.45) is -1.45. The summed E-state index contributed by atoms with van der Waals surface area (Å²) < 4.78 is 32.9. The van der Waals surface area contributed by atoms with Gasteiger partial charge in [0.2, 0.25) is 5.76 Å². The van der Waals surface area contributed by atoms with Gasteiger partial charge in [0.1, 0.15) is 19.5 Å². The van der Waals surface area contributed by atoms with E-state index in [1.54, 1.807) is 0 Å². The fourth-order valence-electron chi connectivity index (χ4n) is 0.744. The molecule has 0 aliphatic carbocycles. The quantitative estimate of drug-likeness (QED) is 0.699. The summed E-state index contributed by atoms with van der Waals surface area (Å²) in [7, 11) is 0. The van der Waals surface area contributed by atoms with E-state index in [0.717, 1.165) is 6.26 Å². The first-order chi connectivity index (χ1) is 6.20. The van der Waals surface area contributed by atoms with E-state index in [0.29, 0.717) is 6.61 Å². The lowest BCUT2D eigenvalue weighted by atomic mass is 10.4. The molecule has 0 bridgehead atoms. The first kappa shape index (κ1) is 9.76. The Morgan fingerprint density at radius 3 is 2.92 bits per heavy atom. The van der Waals surface area contributed by atoms with Crippen LogP contribution in [0.15, 0.2) is 12.0 Å². The van der Waals surface area contributed by atoms with Crippen LogP contribution in [0.4, 0.5) is 8.78 Å². The number of carbonyl (C=O) groups excluding carboxylic acids is 1. The molecule has 1 rings (SSSR count). The third-order valence-corrected chi connectivity index (χ3v) is 1.29. The summed E-state index contributed by atoms with van der Waals surface area (Å²) in [4.78, 5) is 11.0. The predicted octanol–water partition coefficient (Wildman–Crippen LogP) is 0.256. The van der Waals surface area contributed by atoms with Gasteiger partial charge in [0.25, 0.3) is 12.3 Å². The molecular formula is C7H9F2NO3. The van der Waals surface area contributed by atoms with Gasteiger partial charge in [-0.25, -0.2) is 8.78 Å². The van der Waals surface area contributed by atoms with Crippen LogP contribution in [-0.2, 0) is 14.3 Å². The molecule has 0 saturated heterocycles. The Morgan fingerprint density at radius 2 is 2.38 bits per heavy atom. The number of halogens is 2. The van der Waals surface area contributed by atoms with Crippen molar-refractivity contribution in [2.75, 3.05) is 19.8 Å². The summed E-state index contributed by atoms with van der Waals surface area (Å²) in [6, 6.07) is 0. The van der Waals surface area contributed by atoms with Gasteiger partial charge in [-0.05, 0) is 0 Å². The number of nitrogens with one attached hydrogen (secondary N) is 1. The van der Waals surface area contributed by atoms with Crippen LogP contribution in [0.5, 0.6) is 0 Å². The fraction of sp³-hybridized carbons (Fsp3) is 0.571. The Kier molecular flexibility index (Phi) is 3.48. The van der Waals surface area contributed by atoms with E-state index in [2.05, 4.69) is 0 Å². The van der Waals surface area contributed by atoms with Crippen LogP contribution in [0.1, 0.15) is 0 Å². The molecular weight excluding hydrogens is 184 g/mol. The zero-order valence-electron chi connectivity index (χ0n) is 6.76. The van der Waals surface area contributed by atoms with E-state index >= 15 is 0 Å². The topological polar surface area (TPSA) is 47.6 Å². The normalized spacial score (nSPS) is 15.8. The molecule has 0 radical (unpaired) electrons. The molecule has 74 valence electrons. The van der Waals surface area contributed by atoms with Crippen molar-refractivity contribution in [3.05, 3.63) is 12.0 Å². The van der Waals surface area contributed by atoms with Gasteiger partial charge >= 0.3 is 0 Å². The average molecular weight is 193 g/mol. The monoisotopic (exact) mass is 193 g/mol. The van der Waals surface area contributed by atoms with Gasteiger partial charge in [0.15, 0.2) is 0 Å². The molecule has 1 aliphatic rings.